The van der Waals surface area contributed by atoms with Crippen LogP contribution in [0.4, 0.5) is 5.69 Å². The van der Waals surface area contributed by atoms with Crippen LogP contribution in [0.2, 0.25) is 0 Å². The summed E-state index contributed by atoms with van der Waals surface area (Å²) in [7, 11) is 0. The lowest BCUT2D eigenvalue weighted by molar-refractivity contribution is -0.124. The van der Waals surface area contributed by atoms with Crippen molar-refractivity contribution in [1.29, 1.82) is 5.26 Å². The summed E-state index contributed by atoms with van der Waals surface area (Å²) in [6, 6.07) is 13.9. The van der Waals surface area contributed by atoms with Gasteiger partial charge in [0.1, 0.15) is 5.75 Å². The third kappa shape index (κ3) is 3.38. The Hall–Kier alpha value is -3.33. The topological polar surface area (TPSA) is 96.4 Å². The molecule has 6 heteroatoms. The largest absolute Gasteiger partial charge is 0.481 e. The number of benzene rings is 2. The van der Waals surface area contributed by atoms with E-state index in [1.54, 1.807) is 48.2 Å². The number of hydrogen-bond acceptors (Lipinski definition) is 4. The second kappa shape index (κ2) is 7.28. The Bertz CT molecular complexity index is 884. The Kier molecular flexibility index (Phi) is 4.90. The van der Waals surface area contributed by atoms with E-state index < -0.39 is 12.0 Å². The van der Waals surface area contributed by atoms with Gasteiger partial charge in [-0.15, -0.1) is 0 Å². The zero-order valence-electron chi connectivity index (χ0n) is 14.4. The zero-order chi connectivity index (χ0) is 18.7. The summed E-state index contributed by atoms with van der Waals surface area (Å²) < 4.78 is 5.73. The van der Waals surface area contributed by atoms with Crippen molar-refractivity contribution in [3.8, 4) is 11.8 Å². The quantitative estimate of drug-likeness (QED) is 0.916. The second-order valence-corrected chi connectivity index (χ2v) is 6.16. The zero-order valence-corrected chi connectivity index (χ0v) is 14.4. The molecule has 26 heavy (non-hydrogen) atoms. The van der Waals surface area contributed by atoms with Crippen molar-refractivity contribution in [3.63, 3.8) is 0 Å². The van der Waals surface area contributed by atoms with Gasteiger partial charge in [-0.3, -0.25) is 9.59 Å². The molecular formula is C20H19N3O3. The van der Waals surface area contributed by atoms with Crippen LogP contribution in [0.3, 0.4) is 0 Å². The van der Waals surface area contributed by atoms with Gasteiger partial charge in [0.25, 0.3) is 5.91 Å². The van der Waals surface area contributed by atoms with E-state index in [9.17, 15) is 9.59 Å². The fourth-order valence-electron chi connectivity index (χ4n) is 3.17. The fraction of sp³-hybridized carbons (Fsp3) is 0.250. The van der Waals surface area contributed by atoms with Crippen molar-refractivity contribution in [2.75, 3.05) is 11.4 Å². The van der Waals surface area contributed by atoms with E-state index in [0.717, 1.165) is 12.0 Å². The van der Waals surface area contributed by atoms with Crippen LogP contribution in [0.5, 0.6) is 5.75 Å². The minimum atomic E-state index is -0.703. The van der Waals surface area contributed by atoms with Gasteiger partial charge in [-0.25, -0.2) is 0 Å². The second-order valence-electron chi connectivity index (χ2n) is 6.16. The van der Waals surface area contributed by atoms with Crippen LogP contribution in [0.15, 0.2) is 42.5 Å². The van der Waals surface area contributed by atoms with E-state index in [-0.39, 0.29) is 5.91 Å². The summed E-state index contributed by atoms with van der Waals surface area (Å²) in [5.41, 5.74) is 7.97. The van der Waals surface area contributed by atoms with E-state index in [4.69, 9.17) is 15.7 Å². The fourth-order valence-corrected chi connectivity index (χ4v) is 3.17. The molecule has 0 fully saturated rings. The summed E-state index contributed by atoms with van der Waals surface area (Å²) >= 11 is 0. The SMILES string of the molecule is CC(Oc1ccc(C#N)cc1)C(=O)N1CCCc2c(C(N)=O)cccc21. The van der Waals surface area contributed by atoms with Gasteiger partial charge in [0, 0.05) is 17.8 Å². The molecule has 1 aliphatic heterocycles. The highest BCUT2D eigenvalue weighted by atomic mass is 16.5. The number of hydrogen-bond donors (Lipinski definition) is 1. The van der Waals surface area contributed by atoms with Crippen molar-refractivity contribution in [3.05, 3.63) is 59.2 Å². The van der Waals surface area contributed by atoms with E-state index in [1.807, 2.05) is 12.1 Å². The third-order valence-corrected chi connectivity index (χ3v) is 4.43. The van der Waals surface area contributed by atoms with Crippen molar-refractivity contribution < 1.29 is 14.3 Å². The average molecular weight is 349 g/mol. The van der Waals surface area contributed by atoms with E-state index in [2.05, 4.69) is 0 Å². The highest BCUT2D eigenvalue weighted by Gasteiger charge is 2.29. The van der Waals surface area contributed by atoms with Crippen LogP contribution >= 0.6 is 0 Å². The lowest BCUT2D eigenvalue weighted by atomic mass is 9.95. The van der Waals surface area contributed by atoms with Crippen LogP contribution in [0.25, 0.3) is 0 Å². The van der Waals surface area contributed by atoms with Gasteiger partial charge in [0.05, 0.1) is 11.6 Å². The number of nitriles is 1. The number of primary amides is 1. The lowest BCUT2D eigenvalue weighted by Gasteiger charge is -2.32. The molecule has 1 unspecified atom stereocenters. The van der Waals surface area contributed by atoms with E-state index in [0.29, 0.717) is 35.5 Å². The molecule has 2 aromatic rings. The maximum atomic E-state index is 12.9. The molecule has 1 heterocycles. The van der Waals surface area contributed by atoms with Gasteiger partial charge in [0.2, 0.25) is 5.91 Å². The van der Waals surface area contributed by atoms with Crippen LogP contribution in [-0.2, 0) is 11.2 Å². The summed E-state index contributed by atoms with van der Waals surface area (Å²) in [6.45, 7) is 2.25. The minimum absolute atomic E-state index is 0.183. The smallest absolute Gasteiger partial charge is 0.267 e. The number of carbonyl (C=O) groups is 2. The maximum Gasteiger partial charge on any atom is 0.267 e. The number of carbonyl (C=O) groups excluding carboxylic acids is 2. The normalized spacial score (nSPS) is 14.1. The van der Waals surface area contributed by atoms with Gasteiger partial charge < -0.3 is 15.4 Å². The van der Waals surface area contributed by atoms with Crippen LogP contribution in [0, 0.1) is 11.3 Å². The average Bonchev–Trinajstić information content (AvgIpc) is 2.66. The Labute approximate surface area is 151 Å². The standard InChI is InChI=1S/C20H19N3O3/c1-13(26-15-9-7-14(12-21)8-10-15)20(25)23-11-3-5-16-17(19(22)24)4-2-6-18(16)23/h2,4,6-10,13H,3,5,11H2,1H3,(H2,22,24). The first-order valence-electron chi connectivity index (χ1n) is 8.41. The van der Waals surface area contributed by atoms with Crippen LogP contribution < -0.4 is 15.4 Å². The van der Waals surface area contributed by atoms with Gasteiger partial charge in [-0.2, -0.15) is 5.26 Å². The van der Waals surface area contributed by atoms with E-state index in [1.165, 1.54) is 0 Å². The van der Waals surface area contributed by atoms with Crippen molar-refractivity contribution >= 4 is 17.5 Å². The number of ether oxygens (including phenoxy) is 1. The monoisotopic (exact) mass is 349 g/mol. The molecule has 2 N–H and O–H groups in total. The van der Waals surface area contributed by atoms with Gasteiger partial charge in [0.15, 0.2) is 6.10 Å². The number of anilines is 1. The Morgan fingerprint density at radius 1 is 1.23 bits per heavy atom. The molecule has 132 valence electrons. The minimum Gasteiger partial charge on any atom is -0.481 e. The molecule has 0 saturated heterocycles. The highest BCUT2D eigenvalue weighted by Crippen LogP contribution is 2.30. The van der Waals surface area contributed by atoms with Gasteiger partial charge in [-0.05, 0) is 61.7 Å². The van der Waals surface area contributed by atoms with Crippen LogP contribution in [0.1, 0.15) is 34.8 Å². The number of nitrogens with zero attached hydrogens (tertiary/aromatic N) is 2. The first kappa shape index (κ1) is 17.5. The summed E-state index contributed by atoms with van der Waals surface area (Å²) in [5, 5.41) is 8.84. The number of amides is 2. The Morgan fingerprint density at radius 2 is 1.96 bits per heavy atom. The molecule has 1 aliphatic rings. The van der Waals surface area contributed by atoms with E-state index >= 15 is 0 Å². The van der Waals surface area contributed by atoms with Crippen molar-refractivity contribution in [1.82, 2.24) is 0 Å². The molecule has 0 radical (unpaired) electrons. The van der Waals surface area contributed by atoms with Crippen molar-refractivity contribution in [2.24, 2.45) is 5.73 Å². The molecule has 0 bridgehead atoms. The summed E-state index contributed by atoms with van der Waals surface area (Å²) in [4.78, 5) is 26.2. The number of fused-ring (bicyclic) bond motifs is 1. The van der Waals surface area contributed by atoms with Crippen molar-refractivity contribution in [2.45, 2.75) is 25.9 Å². The Balaban J connectivity index is 1.81. The third-order valence-electron chi connectivity index (χ3n) is 4.43. The first-order chi connectivity index (χ1) is 12.5. The molecule has 1 atom stereocenters. The van der Waals surface area contributed by atoms with Gasteiger partial charge >= 0.3 is 0 Å². The number of nitrogens with two attached hydrogens (primary N) is 1. The first-order valence-corrected chi connectivity index (χ1v) is 8.41. The predicted molar refractivity (Wildman–Crippen MR) is 96.9 cm³/mol. The number of rotatable bonds is 4. The highest BCUT2D eigenvalue weighted by molar-refractivity contribution is 6.01. The summed E-state index contributed by atoms with van der Waals surface area (Å²) in [6.07, 6.45) is 0.765. The summed E-state index contributed by atoms with van der Waals surface area (Å²) in [5.74, 6) is -0.150. The van der Waals surface area contributed by atoms with Gasteiger partial charge in [-0.1, -0.05) is 6.07 Å². The molecule has 2 amide bonds. The molecular weight excluding hydrogens is 330 g/mol. The molecule has 0 saturated carbocycles. The molecule has 0 spiro atoms. The van der Waals surface area contributed by atoms with Crippen LogP contribution in [-0.4, -0.2) is 24.5 Å². The molecule has 0 aliphatic carbocycles. The lowest BCUT2D eigenvalue weighted by Crippen LogP contribution is -2.43. The molecule has 2 aromatic carbocycles. The Morgan fingerprint density at radius 3 is 2.62 bits per heavy atom. The predicted octanol–water partition coefficient (Wildman–Crippen LogP) is 2.40. The molecule has 6 nitrogen and oxygen atoms in total. The maximum absolute atomic E-state index is 12.9. The molecule has 3 rings (SSSR count). The molecule has 0 aromatic heterocycles.